The van der Waals surface area contributed by atoms with Crippen molar-refractivity contribution in [1.29, 1.82) is 0 Å². The van der Waals surface area contributed by atoms with Crippen LogP contribution in [0.2, 0.25) is 0 Å². The van der Waals surface area contributed by atoms with Crippen LogP contribution >= 0.6 is 12.2 Å². The molecule has 2 N–H and O–H groups in total. The molecule has 0 unspecified atom stereocenters. The fourth-order valence-corrected chi connectivity index (χ4v) is 4.73. The molecular weight excluding hydrogens is 374 g/mol. The van der Waals surface area contributed by atoms with Gasteiger partial charge in [0.25, 0.3) is 0 Å². The van der Waals surface area contributed by atoms with Gasteiger partial charge in [-0.2, -0.15) is 4.31 Å². The molecule has 0 aliphatic carbocycles. The molecule has 146 valence electrons. The molecule has 0 saturated carbocycles. The minimum absolute atomic E-state index is 0.0197. The van der Waals surface area contributed by atoms with Gasteiger partial charge in [0.05, 0.1) is 24.3 Å². The van der Waals surface area contributed by atoms with Gasteiger partial charge in [-0.25, -0.2) is 8.42 Å². The number of benzene rings is 1. The zero-order valence-electron chi connectivity index (χ0n) is 15.4. The number of thiocarbonyl (C=S) groups is 1. The van der Waals surface area contributed by atoms with Crippen LogP contribution in [0.25, 0.3) is 0 Å². The van der Waals surface area contributed by atoms with E-state index in [0.29, 0.717) is 36.2 Å². The molecule has 2 rings (SSSR count). The van der Waals surface area contributed by atoms with Crippen LogP contribution in [0, 0.1) is 0 Å². The quantitative estimate of drug-likeness (QED) is 0.678. The predicted molar refractivity (Wildman–Crippen MR) is 106 cm³/mol. The second-order valence-electron chi connectivity index (χ2n) is 6.28. The van der Waals surface area contributed by atoms with Crippen LogP contribution in [-0.4, -0.2) is 57.8 Å². The van der Waals surface area contributed by atoms with Gasteiger partial charge in [-0.3, -0.25) is 0 Å². The van der Waals surface area contributed by atoms with Gasteiger partial charge in [0.15, 0.2) is 5.11 Å². The molecule has 1 aliphatic rings. The van der Waals surface area contributed by atoms with E-state index in [4.69, 9.17) is 21.7 Å². The van der Waals surface area contributed by atoms with Crippen LogP contribution < -0.4 is 15.4 Å². The lowest BCUT2D eigenvalue weighted by Crippen LogP contribution is -2.38. The minimum Gasteiger partial charge on any atom is -0.495 e. The van der Waals surface area contributed by atoms with Crippen LogP contribution in [0.4, 0.5) is 5.69 Å². The average molecular weight is 402 g/mol. The van der Waals surface area contributed by atoms with Crippen LogP contribution in [0.3, 0.4) is 0 Å². The van der Waals surface area contributed by atoms with E-state index in [-0.39, 0.29) is 10.9 Å². The monoisotopic (exact) mass is 401 g/mol. The Kier molecular flexibility index (Phi) is 7.63. The number of hydrogen-bond donors (Lipinski definition) is 2. The Hall–Kier alpha value is -1.42. The normalized spacial score (nSPS) is 16.7. The predicted octanol–water partition coefficient (Wildman–Crippen LogP) is 2.19. The highest BCUT2D eigenvalue weighted by Gasteiger charge is 2.26. The van der Waals surface area contributed by atoms with Gasteiger partial charge >= 0.3 is 0 Å². The summed E-state index contributed by atoms with van der Waals surface area (Å²) in [7, 11) is -0.374. The fourth-order valence-electron chi connectivity index (χ4n) is 2.87. The van der Waals surface area contributed by atoms with Gasteiger partial charge in [0.1, 0.15) is 5.75 Å². The molecule has 9 heteroatoms. The number of rotatable bonds is 7. The van der Waals surface area contributed by atoms with Crippen molar-refractivity contribution in [3.63, 3.8) is 0 Å². The Morgan fingerprint density at radius 3 is 2.58 bits per heavy atom. The average Bonchev–Trinajstić information content (AvgIpc) is 2.62. The number of nitrogens with zero attached hydrogens (tertiary/aromatic N) is 1. The van der Waals surface area contributed by atoms with Crippen molar-refractivity contribution in [2.75, 3.05) is 39.2 Å². The number of sulfonamides is 1. The highest BCUT2D eigenvalue weighted by atomic mass is 32.2. The van der Waals surface area contributed by atoms with Gasteiger partial charge < -0.3 is 20.1 Å². The molecule has 26 heavy (non-hydrogen) atoms. The van der Waals surface area contributed by atoms with Crippen molar-refractivity contribution < 1.29 is 17.9 Å². The molecule has 0 bridgehead atoms. The fraction of sp³-hybridized carbons (Fsp3) is 0.588. The molecule has 0 radical (unpaired) electrons. The number of methoxy groups -OCH3 is 2. The van der Waals surface area contributed by atoms with Crippen molar-refractivity contribution in [3.05, 3.63) is 18.2 Å². The first-order valence-electron chi connectivity index (χ1n) is 8.63. The molecule has 0 amide bonds. The molecule has 1 fully saturated rings. The van der Waals surface area contributed by atoms with Crippen LogP contribution in [-0.2, 0) is 14.8 Å². The summed E-state index contributed by atoms with van der Waals surface area (Å²) in [5.41, 5.74) is 0.507. The maximum atomic E-state index is 12.9. The molecule has 7 nitrogen and oxygen atoms in total. The lowest BCUT2D eigenvalue weighted by atomic mass is 10.2. The summed E-state index contributed by atoms with van der Waals surface area (Å²) in [6.07, 6.45) is 2.86. The van der Waals surface area contributed by atoms with Crippen LogP contribution in [0.1, 0.15) is 26.2 Å². The molecule has 1 saturated heterocycles. The van der Waals surface area contributed by atoms with Gasteiger partial charge in [-0.15, -0.1) is 0 Å². The van der Waals surface area contributed by atoms with Crippen molar-refractivity contribution >= 4 is 33.0 Å². The third-order valence-electron chi connectivity index (χ3n) is 4.17. The number of piperidine rings is 1. The van der Waals surface area contributed by atoms with E-state index >= 15 is 0 Å². The van der Waals surface area contributed by atoms with Crippen LogP contribution in [0.5, 0.6) is 5.75 Å². The summed E-state index contributed by atoms with van der Waals surface area (Å²) in [6.45, 7) is 3.56. The molecule has 0 spiro atoms. The van der Waals surface area contributed by atoms with Crippen molar-refractivity contribution in [2.45, 2.75) is 37.1 Å². The summed E-state index contributed by atoms with van der Waals surface area (Å²) >= 11 is 5.30. The zero-order valence-corrected chi connectivity index (χ0v) is 17.1. The van der Waals surface area contributed by atoms with Gasteiger partial charge in [0, 0.05) is 26.2 Å². The summed E-state index contributed by atoms with van der Waals surface area (Å²) in [4.78, 5) is 0.232. The lowest BCUT2D eigenvalue weighted by Gasteiger charge is -2.26. The van der Waals surface area contributed by atoms with Crippen molar-refractivity contribution in [2.24, 2.45) is 0 Å². The van der Waals surface area contributed by atoms with Gasteiger partial charge in [0.2, 0.25) is 10.0 Å². The first-order valence-corrected chi connectivity index (χ1v) is 10.5. The lowest BCUT2D eigenvalue weighted by molar-refractivity contribution is 0.179. The maximum Gasteiger partial charge on any atom is 0.243 e. The SMILES string of the molecule is COC[C@H](C)NC(=S)Nc1cc(S(=O)(=O)N2CCCCC2)ccc1OC. The van der Waals surface area contributed by atoms with Crippen molar-refractivity contribution in [1.82, 2.24) is 9.62 Å². The molecule has 1 atom stereocenters. The Bertz CT molecular complexity index is 719. The van der Waals surface area contributed by atoms with E-state index in [1.807, 2.05) is 6.92 Å². The number of hydrogen-bond acceptors (Lipinski definition) is 5. The minimum atomic E-state index is -3.52. The third kappa shape index (κ3) is 5.29. The Morgan fingerprint density at radius 2 is 1.96 bits per heavy atom. The molecule has 1 aliphatic heterocycles. The van der Waals surface area contributed by atoms with Gasteiger partial charge in [-0.1, -0.05) is 6.42 Å². The topological polar surface area (TPSA) is 79.9 Å². The Morgan fingerprint density at radius 1 is 1.27 bits per heavy atom. The largest absolute Gasteiger partial charge is 0.495 e. The zero-order chi connectivity index (χ0) is 19.2. The van der Waals surface area contributed by atoms with E-state index in [2.05, 4.69) is 10.6 Å². The number of nitrogens with one attached hydrogen (secondary N) is 2. The number of ether oxygens (including phenoxy) is 2. The van der Waals surface area contributed by atoms with E-state index < -0.39 is 10.0 Å². The number of anilines is 1. The second kappa shape index (κ2) is 9.50. The smallest absolute Gasteiger partial charge is 0.243 e. The standard InChI is InChI=1S/C17H27N3O4S2/c1-13(12-23-2)18-17(25)19-15-11-14(7-8-16(15)24-3)26(21,22)20-9-5-4-6-10-20/h7-8,11,13H,4-6,9-10,12H2,1-3H3,(H2,18,19,25)/t13-/m0/s1. The highest BCUT2D eigenvalue weighted by Crippen LogP contribution is 2.29. The molecule has 1 aromatic carbocycles. The summed E-state index contributed by atoms with van der Waals surface area (Å²) < 4.78 is 37.7. The summed E-state index contributed by atoms with van der Waals surface area (Å²) in [5.74, 6) is 0.520. The molecule has 0 aromatic heterocycles. The second-order valence-corrected chi connectivity index (χ2v) is 8.63. The molecular formula is C17H27N3O4S2. The van der Waals surface area contributed by atoms with Crippen LogP contribution in [0.15, 0.2) is 23.1 Å². The third-order valence-corrected chi connectivity index (χ3v) is 6.28. The first kappa shape index (κ1) is 20.9. The van der Waals surface area contributed by atoms with Gasteiger partial charge in [-0.05, 0) is 50.2 Å². The van der Waals surface area contributed by atoms with E-state index in [1.54, 1.807) is 29.6 Å². The van der Waals surface area contributed by atoms with E-state index in [9.17, 15) is 8.42 Å². The first-order chi connectivity index (χ1) is 12.4. The Labute approximate surface area is 161 Å². The molecule has 1 aromatic rings. The highest BCUT2D eigenvalue weighted by molar-refractivity contribution is 7.89. The van der Waals surface area contributed by atoms with Crippen molar-refractivity contribution in [3.8, 4) is 5.75 Å². The summed E-state index contributed by atoms with van der Waals surface area (Å²) in [5, 5.41) is 6.48. The summed E-state index contributed by atoms with van der Waals surface area (Å²) in [6, 6.07) is 4.79. The Balaban J connectivity index is 2.20. The van der Waals surface area contributed by atoms with E-state index in [1.165, 1.54) is 7.11 Å². The maximum absolute atomic E-state index is 12.9. The molecule has 1 heterocycles. The van der Waals surface area contributed by atoms with E-state index in [0.717, 1.165) is 19.3 Å².